The molecule has 1 atom stereocenters. The van der Waals surface area contributed by atoms with Gasteiger partial charge < -0.3 is 4.52 Å². The third-order valence-electron chi connectivity index (χ3n) is 3.52. The van der Waals surface area contributed by atoms with E-state index in [2.05, 4.69) is 14.7 Å². The molecule has 2 aromatic rings. The fourth-order valence-corrected chi connectivity index (χ4v) is 3.77. The van der Waals surface area contributed by atoms with Gasteiger partial charge in [0.2, 0.25) is 10.0 Å². The largest absolute Gasteiger partial charge is 0.471 e. The Morgan fingerprint density at radius 2 is 1.74 bits per heavy atom. The first-order valence-electron chi connectivity index (χ1n) is 6.91. The van der Waals surface area contributed by atoms with Gasteiger partial charge in [-0.25, -0.2) is 8.42 Å². The lowest BCUT2D eigenvalue weighted by Gasteiger charge is -2.22. The van der Waals surface area contributed by atoms with E-state index in [9.17, 15) is 34.8 Å². The molecule has 0 aliphatic heterocycles. The predicted octanol–water partition coefficient (Wildman–Crippen LogP) is 4.14. The number of nitrogens with zero attached hydrogens (tertiary/aromatic N) is 3. The zero-order valence-electron chi connectivity index (χ0n) is 13.4. The molecule has 1 heterocycles. The molecule has 2 rings (SSSR count). The molecule has 27 heavy (non-hydrogen) atoms. The number of benzene rings is 1. The summed E-state index contributed by atoms with van der Waals surface area (Å²) >= 11 is 5.67. The van der Waals surface area contributed by atoms with Gasteiger partial charge in [-0.05, 0) is 25.1 Å². The predicted molar refractivity (Wildman–Crippen MR) is 79.1 cm³/mol. The van der Waals surface area contributed by atoms with E-state index in [1.807, 2.05) is 0 Å². The summed E-state index contributed by atoms with van der Waals surface area (Å²) in [5.41, 5.74) is -1.16. The summed E-state index contributed by atoms with van der Waals surface area (Å²) in [5.74, 6) is -2.25. The summed E-state index contributed by atoms with van der Waals surface area (Å²) in [6.07, 6.45) is -9.65. The molecule has 0 fully saturated rings. The average Bonchev–Trinajstić information content (AvgIpc) is 3.02. The van der Waals surface area contributed by atoms with Crippen molar-refractivity contribution in [2.45, 2.75) is 30.2 Å². The Morgan fingerprint density at radius 1 is 1.15 bits per heavy atom. The van der Waals surface area contributed by atoms with Gasteiger partial charge in [0.1, 0.15) is 4.90 Å². The van der Waals surface area contributed by atoms with E-state index in [1.54, 1.807) is 0 Å². The first-order chi connectivity index (χ1) is 12.2. The van der Waals surface area contributed by atoms with Crippen molar-refractivity contribution in [3.8, 4) is 0 Å². The molecule has 0 radical (unpaired) electrons. The average molecular weight is 438 g/mol. The standard InChI is InChI=1S/C13H10ClF6N3O3S/c1-6(10-21-11(26-22-10)13(18,19)20)23(2)27(24,25)9-4-3-7(5-8(9)14)12(15,16)17/h3-6H,1-2H3. The van der Waals surface area contributed by atoms with Crippen LogP contribution in [0.4, 0.5) is 26.3 Å². The quantitative estimate of drug-likeness (QED) is 0.672. The smallest absolute Gasteiger partial charge is 0.329 e. The number of rotatable bonds is 4. The van der Waals surface area contributed by atoms with Crippen molar-refractivity contribution in [3.63, 3.8) is 0 Å². The van der Waals surface area contributed by atoms with E-state index in [4.69, 9.17) is 11.6 Å². The third-order valence-corrected chi connectivity index (χ3v) is 5.93. The van der Waals surface area contributed by atoms with E-state index < -0.39 is 55.6 Å². The number of hydrogen-bond donors (Lipinski definition) is 0. The molecule has 0 aliphatic rings. The normalized spacial score (nSPS) is 14.6. The topological polar surface area (TPSA) is 76.3 Å². The Morgan fingerprint density at radius 3 is 2.19 bits per heavy atom. The number of hydrogen-bond acceptors (Lipinski definition) is 5. The van der Waals surface area contributed by atoms with Crippen LogP contribution in [0, 0.1) is 0 Å². The van der Waals surface area contributed by atoms with Crippen molar-refractivity contribution in [2.75, 3.05) is 7.05 Å². The van der Waals surface area contributed by atoms with E-state index in [-0.39, 0.29) is 0 Å². The molecule has 1 unspecified atom stereocenters. The second-order valence-corrected chi connectivity index (χ2v) is 7.67. The van der Waals surface area contributed by atoms with Crippen LogP contribution in [0.3, 0.4) is 0 Å². The molecule has 1 aromatic heterocycles. The number of halogens is 7. The van der Waals surface area contributed by atoms with Gasteiger partial charge in [0.05, 0.1) is 16.6 Å². The highest BCUT2D eigenvalue weighted by atomic mass is 35.5. The monoisotopic (exact) mass is 437 g/mol. The molecule has 150 valence electrons. The Kier molecular flexibility index (Phi) is 5.52. The second-order valence-electron chi connectivity index (χ2n) is 5.30. The summed E-state index contributed by atoms with van der Waals surface area (Å²) in [7, 11) is -3.49. The lowest BCUT2D eigenvalue weighted by molar-refractivity contribution is -0.159. The molecule has 0 aliphatic carbocycles. The van der Waals surface area contributed by atoms with Crippen LogP contribution in [0.2, 0.25) is 5.02 Å². The Balaban J connectivity index is 2.37. The van der Waals surface area contributed by atoms with Crippen molar-refractivity contribution in [1.29, 1.82) is 0 Å². The molecule has 0 amide bonds. The van der Waals surface area contributed by atoms with Gasteiger partial charge in [-0.1, -0.05) is 16.8 Å². The number of aromatic nitrogens is 2. The first-order valence-corrected chi connectivity index (χ1v) is 8.73. The van der Waals surface area contributed by atoms with Crippen molar-refractivity contribution >= 4 is 21.6 Å². The van der Waals surface area contributed by atoms with E-state index in [1.165, 1.54) is 6.92 Å². The lowest BCUT2D eigenvalue weighted by atomic mass is 10.2. The van der Waals surface area contributed by atoms with Crippen molar-refractivity contribution in [2.24, 2.45) is 0 Å². The number of alkyl halides is 6. The van der Waals surface area contributed by atoms with Gasteiger partial charge >= 0.3 is 18.2 Å². The van der Waals surface area contributed by atoms with Gasteiger partial charge in [0.15, 0.2) is 5.82 Å². The Bertz CT molecular complexity index is 942. The zero-order chi connectivity index (χ0) is 20.8. The van der Waals surface area contributed by atoms with Crippen LogP contribution in [-0.2, 0) is 22.4 Å². The lowest BCUT2D eigenvalue weighted by Crippen LogP contribution is -2.30. The summed E-state index contributed by atoms with van der Waals surface area (Å²) in [6.45, 7) is 1.17. The van der Waals surface area contributed by atoms with Crippen LogP contribution >= 0.6 is 11.6 Å². The maximum atomic E-state index is 12.7. The molecule has 0 spiro atoms. The van der Waals surface area contributed by atoms with Crippen LogP contribution in [0.15, 0.2) is 27.6 Å². The number of sulfonamides is 1. The molecule has 6 nitrogen and oxygen atoms in total. The van der Waals surface area contributed by atoms with Gasteiger partial charge in [0.25, 0.3) is 0 Å². The van der Waals surface area contributed by atoms with E-state index in [0.29, 0.717) is 22.5 Å². The molecule has 0 saturated carbocycles. The summed E-state index contributed by atoms with van der Waals surface area (Å²) < 4.78 is 105. The van der Waals surface area contributed by atoms with Gasteiger partial charge in [-0.3, -0.25) is 0 Å². The summed E-state index contributed by atoms with van der Waals surface area (Å²) in [4.78, 5) is 2.43. The highest BCUT2D eigenvalue weighted by Gasteiger charge is 2.40. The van der Waals surface area contributed by atoms with Crippen molar-refractivity contribution in [1.82, 2.24) is 14.4 Å². The highest BCUT2D eigenvalue weighted by molar-refractivity contribution is 7.89. The van der Waals surface area contributed by atoms with Crippen LogP contribution in [0.1, 0.15) is 30.2 Å². The Labute approximate surface area is 153 Å². The van der Waals surface area contributed by atoms with Gasteiger partial charge in [-0.15, -0.1) is 0 Å². The molecule has 0 bridgehead atoms. The minimum Gasteiger partial charge on any atom is -0.329 e. The minimum atomic E-state index is -4.92. The van der Waals surface area contributed by atoms with E-state index >= 15 is 0 Å². The van der Waals surface area contributed by atoms with E-state index in [0.717, 1.165) is 7.05 Å². The Hall–Kier alpha value is -1.86. The summed E-state index contributed by atoms with van der Waals surface area (Å²) in [5, 5.41) is 2.38. The van der Waals surface area contributed by atoms with Crippen LogP contribution in [0.25, 0.3) is 0 Å². The van der Waals surface area contributed by atoms with Crippen LogP contribution in [0.5, 0.6) is 0 Å². The van der Waals surface area contributed by atoms with Gasteiger partial charge in [0, 0.05) is 7.05 Å². The zero-order valence-corrected chi connectivity index (χ0v) is 15.0. The fourth-order valence-electron chi connectivity index (χ4n) is 1.93. The first kappa shape index (κ1) is 21.4. The van der Waals surface area contributed by atoms with Crippen molar-refractivity contribution < 1.29 is 39.3 Å². The molecular formula is C13H10ClF6N3O3S. The molecule has 0 saturated heterocycles. The molecule has 14 heteroatoms. The summed E-state index contributed by atoms with van der Waals surface area (Å²) in [6, 6.07) is 0.283. The third kappa shape index (κ3) is 4.35. The SMILES string of the molecule is CC(c1noc(C(F)(F)F)n1)N(C)S(=O)(=O)c1ccc(C(F)(F)F)cc1Cl. The molecular weight excluding hydrogens is 428 g/mol. The highest BCUT2D eigenvalue weighted by Crippen LogP contribution is 2.35. The van der Waals surface area contributed by atoms with Crippen LogP contribution < -0.4 is 0 Å². The van der Waals surface area contributed by atoms with Crippen molar-refractivity contribution in [3.05, 3.63) is 40.5 Å². The second kappa shape index (κ2) is 6.95. The minimum absolute atomic E-state index is 0.434. The van der Waals surface area contributed by atoms with Gasteiger partial charge in [-0.2, -0.15) is 35.6 Å². The maximum Gasteiger partial charge on any atom is 0.471 e. The fraction of sp³-hybridized carbons (Fsp3) is 0.385. The molecule has 1 aromatic carbocycles. The molecule has 0 N–H and O–H groups in total. The van der Waals surface area contributed by atoms with Crippen LogP contribution in [-0.4, -0.2) is 29.9 Å². The maximum absolute atomic E-state index is 12.7.